The highest BCUT2D eigenvalue weighted by molar-refractivity contribution is 6.07. The van der Waals surface area contributed by atoms with Crippen LogP contribution in [0.1, 0.15) is 36.1 Å². The predicted octanol–water partition coefficient (Wildman–Crippen LogP) is 2.84. The van der Waals surface area contributed by atoms with Crippen molar-refractivity contribution in [2.24, 2.45) is 5.73 Å². The van der Waals surface area contributed by atoms with Gasteiger partial charge in [-0.3, -0.25) is 15.0 Å². The van der Waals surface area contributed by atoms with Crippen molar-refractivity contribution in [1.29, 1.82) is 5.41 Å². The van der Waals surface area contributed by atoms with Crippen LogP contribution in [0, 0.1) is 5.41 Å². The lowest BCUT2D eigenvalue weighted by molar-refractivity contribution is -0.142. The average Bonchev–Trinajstić information content (AvgIpc) is 3.20. The number of imide groups is 1. The van der Waals surface area contributed by atoms with Crippen molar-refractivity contribution in [3.05, 3.63) is 107 Å². The van der Waals surface area contributed by atoms with Crippen molar-refractivity contribution in [3.63, 3.8) is 0 Å². The molecule has 4 rings (SSSR count). The number of nitrogen functional groups attached to an aromatic ring is 1. The van der Waals surface area contributed by atoms with E-state index in [0.717, 1.165) is 15.4 Å². The Morgan fingerprint density at radius 1 is 0.978 bits per heavy atom. The third-order valence-electron chi connectivity index (χ3n) is 7.57. The molecule has 13 nitrogen and oxygen atoms in total. The smallest absolute Gasteiger partial charge is 0.408 e. The summed E-state index contributed by atoms with van der Waals surface area (Å²) in [5, 5.41) is 19.7. The zero-order valence-electron chi connectivity index (χ0n) is 24.8. The Labute approximate surface area is 259 Å². The topological polar surface area (TPSA) is 186 Å². The van der Waals surface area contributed by atoms with Crippen LogP contribution >= 0.6 is 0 Å². The molecule has 2 atom stereocenters. The molecule has 0 aliphatic carbocycles. The van der Waals surface area contributed by atoms with Crippen molar-refractivity contribution in [3.8, 4) is 0 Å². The van der Waals surface area contributed by atoms with Gasteiger partial charge in [-0.15, -0.1) is 0 Å². The van der Waals surface area contributed by atoms with E-state index in [1.165, 1.54) is 11.8 Å². The second-order valence-electron chi connectivity index (χ2n) is 10.6. The average molecular weight is 615 g/mol. The number of alkyl carbamates (subject to hydrolysis) is 1. The van der Waals surface area contributed by atoms with E-state index in [4.69, 9.17) is 15.9 Å². The third-order valence-corrected chi connectivity index (χ3v) is 7.57. The number of carboxylic acids is 1. The highest BCUT2D eigenvalue weighted by atomic mass is 16.5. The normalized spacial score (nSPS) is 16.7. The molecule has 1 aliphatic rings. The number of carboxylic acid groups (broad SMARTS) is 1. The van der Waals surface area contributed by atoms with Crippen molar-refractivity contribution < 1.29 is 33.8 Å². The number of nitrogens with zero attached hydrogens (tertiary/aromatic N) is 3. The van der Waals surface area contributed by atoms with E-state index in [0.29, 0.717) is 16.7 Å². The molecule has 3 aromatic rings. The van der Waals surface area contributed by atoms with Gasteiger partial charge >= 0.3 is 18.1 Å². The molecule has 5 N–H and O–H groups in total. The Morgan fingerprint density at radius 3 is 2.09 bits per heavy atom. The highest BCUT2D eigenvalue weighted by Crippen LogP contribution is 2.38. The van der Waals surface area contributed by atoms with Gasteiger partial charge in [0, 0.05) is 19.0 Å². The van der Waals surface area contributed by atoms with Gasteiger partial charge in [0.05, 0.1) is 6.54 Å². The van der Waals surface area contributed by atoms with E-state index >= 15 is 0 Å². The third kappa shape index (κ3) is 7.26. The lowest BCUT2D eigenvalue weighted by Gasteiger charge is -2.32. The second kappa shape index (κ2) is 13.7. The lowest BCUT2D eigenvalue weighted by Crippen LogP contribution is -2.53. The molecule has 1 heterocycles. The number of carbonyl (C=O) groups excluding carboxylic acids is 4. The monoisotopic (exact) mass is 614 g/mol. The van der Waals surface area contributed by atoms with E-state index in [1.54, 1.807) is 73.7 Å². The van der Waals surface area contributed by atoms with E-state index < -0.39 is 54.7 Å². The summed E-state index contributed by atoms with van der Waals surface area (Å²) in [6.45, 7) is 1.59. The van der Waals surface area contributed by atoms with Gasteiger partial charge < -0.3 is 30.7 Å². The van der Waals surface area contributed by atoms with Gasteiger partial charge in [0.1, 0.15) is 30.7 Å². The molecule has 1 fully saturated rings. The van der Waals surface area contributed by atoms with Crippen LogP contribution in [-0.2, 0) is 37.8 Å². The molecule has 0 aromatic heterocycles. The zero-order valence-corrected chi connectivity index (χ0v) is 24.8. The number of urea groups is 1. The summed E-state index contributed by atoms with van der Waals surface area (Å²) in [6, 6.07) is 21.9. The summed E-state index contributed by atoms with van der Waals surface area (Å²) in [4.78, 5) is 68.4. The van der Waals surface area contributed by atoms with Crippen LogP contribution in [-0.4, -0.2) is 74.8 Å². The lowest BCUT2D eigenvalue weighted by atomic mass is 9.89. The van der Waals surface area contributed by atoms with Crippen molar-refractivity contribution in [1.82, 2.24) is 20.0 Å². The quantitative estimate of drug-likeness (QED) is 0.136. The van der Waals surface area contributed by atoms with Crippen LogP contribution < -0.4 is 11.1 Å². The second-order valence-corrected chi connectivity index (χ2v) is 10.6. The van der Waals surface area contributed by atoms with Gasteiger partial charge in [0.15, 0.2) is 0 Å². The number of hydrogen-bond donors (Lipinski definition) is 4. The fourth-order valence-electron chi connectivity index (χ4n) is 4.94. The molecule has 0 radical (unpaired) electrons. The standard InChI is InChI=1S/C32H34N6O7/c1-21(39)36(18-26(28(40)41)35-30(43)45-19-23-11-7-4-8-12-23)20-37-29(42)32(2,25-15-13-24(14-16-25)27(33)34)38(31(37)44)17-22-9-5-3-6-10-22/h3-16,26H,17-20H2,1-2H3,(H3,33,34)(H,35,43)(H,40,41)/t26-,32-/m0/s1. The van der Waals surface area contributed by atoms with Crippen LogP contribution in [0.4, 0.5) is 9.59 Å². The molecule has 0 unspecified atom stereocenters. The fraction of sp³-hybridized carbons (Fsp3) is 0.250. The Kier molecular flexibility index (Phi) is 9.81. The number of nitrogens with two attached hydrogens (primary N) is 1. The fourth-order valence-corrected chi connectivity index (χ4v) is 4.94. The zero-order chi connectivity index (χ0) is 32.7. The summed E-state index contributed by atoms with van der Waals surface area (Å²) in [5.41, 5.74) is 6.40. The molecule has 1 saturated heterocycles. The molecule has 1 aliphatic heterocycles. The summed E-state index contributed by atoms with van der Waals surface area (Å²) in [5.74, 6) is -2.88. The highest BCUT2D eigenvalue weighted by Gasteiger charge is 2.55. The van der Waals surface area contributed by atoms with Crippen molar-refractivity contribution in [2.45, 2.75) is 38.6 Å². The number of amidine groups is 1. The Balaban J connectivity index is 1.57. The molecule has 0 spiro atoms. The minimum absolute atomic E-state index is 0.0551. The Morgan fingerprint density at radius 2 is 1.56 bits per heavy atom. The number of hydrogen-bond acceptors (Lipinski definition) is 7. The van der Waals surface area contributed by atoms with Crippen molar-refractivity contribution >= 4 is 35.7 Å². The first-order chi connectivity index (χ1) is 21.4. The molecule has 234 valence electrons. The molecule has 5 amide bonds. The van der Waals surface area contributed by atoms with Gasteiger partial charge in [-0.25, -0.2) is 19.3 Å². The Bertz CT molecular complexity index is 1580. The molecular weight excluding hydrogens is 580 g/mol. The van der Waals surface area contributed by atoms with E-state index in [9.17, 15) is 29.1 Å². The molecule has 0 bridgehead atoms. The maximum absolute atomic E-state index is 14.1. The number of rotatable bonds is 12. The van der Waals surface area contributed by atoms with Crippen LogP contribution in [0.25, 0.3) is 0 Å². The number of benzene rings is 3. The molecule has 0 saturated carbocycles. The van der Waals surface area contributed by atoms with E-state index in [1.807, 2.05) is 18.2 Å². The summed E-state index contributed by atoms with van der Waals surface area (Å²) >= 11 is 0. The number of carbonyl (C=O) groups is 5. The largest absolute Gasteiger partial charge is 0.480 e. The number of amides is 5. The van der Waals surface area contributed by atoms with Crippen LogP contribution in [0.3, 0.4) is 0 Å². The summed E-state index contributed by atoms with van der Waals surface area (Å²) in [6.07, 6.45) is -1.02. The van der Waals surface area contributed by atoms with Crippen LogP contribution in [0.5, 0.6) is 0 Å². The first-order valence-corrected chi connectivity index (χ1v) is 14.0. The van der Waals surface area contributed by atoms with Gasteiger partial charge in [0.2, 0.25) is 5.91 Å². The SMILES string of the molecule is CC(=O)N(C[C@H](NC(=O)OCc1ccccc1)C(=O)O)CN1C(=O)N(Cc2ccccc2)[C@@](C)(c2ccc(C(=N)N)cc2)C1=O. The van der Waals surface area contributed by atoms with Crippen LogP contribution in [0.2, 0.25) is 0 Å². The Hall–Kier alpha value is -5.72. The first kappa shape index (κ1) is 32.2. The van der Waals surface area contributed by atoms with Crippen molar-refractivity contribution in [2.75, 3.05) is 13.2 Å². The number of ether oxygens (including phenoxy) is 1. The summed E-state index contributed by atoms with van der Waals surface area (Å²) < 4.78 is 5.13. The number of nitrogens with one attached hydrogen (secondary N) is 2. The van der Waals surface area contributed by atoms with E-state index in [-0.39, 0.29) is 19.0 Å². The van der Waals surface area contributed by atoms with Gasteiger partial charge in [-0.2, -0.15) is 0 Å². The summed E-state index contributed by atoms with van der Waals surface area (Å²) in [7, 11) is 0. The number of aliphatic carboxylic acids is 1. The minimum Gasteiger partial charge on any atom is -0.480 e. The van der Waals surface area contributed by atoms with Gasteiger partial charge in [-0.1, -0.05) is 84.9 Å². The molecule has 13 heteroatoms. The van der Waals surface area contributed by atoms with Crippen LogP contribution in [0.15, 0.2) is 84.9 Å². The molecular formula is C32H34N6O7. The first-order valence-electron chi connectivity index (χ1n) is 14.0. The minimum atomic E-state index is -1.60. The predicted molar refractivity (Wildman–Crippen MR) is 162 cm³/mol. The maximum Gasteiger partial charge on any atom is 0.408 e. The molecule has 3 aromatic carbocycles. The maximum atomic E-state index is 14.1. The molecule has 45 heavy (non-hydrogen) atoms. The van der Waals surface area contributed by atoms with E-state index in [2.05, 4.69) is 5.32 Å². The van der Waals surface area contributed by atoms with Gasteiger partial charge in [-0.05, 0) is 23.6 Å². The van der Waals surface area contributed by atoms with Gasteiger partial charge in [0.25, 0.3) is 5.91 Å².